The molecule has 0 aliphatic carbocycles. The third kappa shape index (κ3) is 2.56. The Morgan fingerprint density at radius 2 is 2.19 bits per heavy atom. The number of nitrogens with one attached hydrogen (secondary N) is 1. The van der Waals surface area contributed by atoms with Crippen LogP contribution in [0.25, 0.3) is 0 Å². The summed E-state index contributed by atoms with van der Waals surface area (Å²) in [5.41, 5.74) is 2.00. The van der Waals surface area contributed by atoms with E-state index in [9.17, 15) is 4.79 Å². The highest BCUT2D eigenvalue weighted by Crippen LogP contribution is 2.33. The fourth-order valence-corrected chi connectivity index (χ4v) is 2.37. The number of likely N-dealkylation sites (N-methyl/N-ethyl adjacent to an activating group) is 1. The van der Waals surface area contributed by atoms with E-state index >= 15 is 0 Å². The Morgan fingerprint density at radius 1 is 1.38 bits per heavy atom. The molecule has 21 heavy (non-hydrogen) atoms. The molecule has 0 saturated heterocycles. The summed E-state index contributed by atoms with van der Waals surface area (Å²) in [6.45, 7) is 4.94. The summed E-state index contributed by atoms with van der Waals surface area (Å²) in [6.07, 6.45) is 0. The number of carbonyl (C=O) groups excluding carboxylic acids is 1. The SMILES string of the molecule is Cc1nc(C(=O)Nc2ccc3c(c2)OCCN3C)c(C)o1. The monoisotopic (exact) mass is 287 g/mol. The summed E-state index contributed by atoms with van der Waals surface area (Å²) in [7, 11) is 2.02. The highest BCUT2D eigenvalue weighted by Gasteiger charge is 2.18. The largest absolute Gasteiger partial charge is 0.489 e. The van der Waals surface area contributed by atoms with E-state index in [1.807, 2.05) is 25.2 Å². The Hall–Kier alpha value is -2.50. The number of ether oxygens (including phenoxy) is 1. The number of benzene rings is 1. The van der Waals surface area contributed by atoms with Crippen molar-refractivity contribution in [1.82, 2.24) is 4.98 Å². The maximum absolute atomic E-state index is 12.2. The van der Waals surface area contributed by atoms with Crippen LogP contribution in [0.5, 0.6) is 5.75 Å². The molecule has 1 aromatic heterocycles. The second kappa shape index (κ2) is 5.12. The van der Waals surface area contributed by atoms with Crippen LogP contribution in [0.15, 0.2) is 22.6 Å². The first-order valence-corrected chi connectivity index (χ1v) is 6.78. The molecule has 2 heterocycles. The number of nitrogens with zero attached hydrogens (tertiary/aromatic N) is 2. The number of aryl methyl sites for hydroxylation is 2. The molecule has 110 valence electrons. The Kier molecular flexibility index (Phi) is 3.29. The van der Waals surface area contributed by atoms with Gasteiger partial charge in [0.15, 0.2) is 11.6 Å². The quantitative estimate of drug-likeness (QED) is 0.918. The summed E-state index contributed by atoms with van der Waals surface area (Å²) >= 11 is 0. The van der Waals surface area contributed by atoms with Crippen LogP contribution in [-0.2, 0) is 0 Å². The molecule has 6 heteroatoms. The average Bonchev–Trinajstić information content (AvgIpc) is 2.78. The molecule has 0 saturated carbocycles. The predicted molar refractivity (Wildman–Crippen MR) is 79.1 cm³/mol. The van der Waals surface area contributed by atoms with Gasteiger partial charge in [0.1, 0.15) is 18.1 Å². The maximum Gasteiger partial charge on any atom is 0.277 e. The van der Waals surface area contributed by atoms with Gasteiger partial charge in [0.2, 0.25) is 0 Å². The van der Waals surface area contributed by atoms with Crippen LogP contribution in [0.1, 0.15) is 22.1 Å². The van der Waals surface area contributed by atoms with Crippen LogP contribution in [-0.4, -0.2) is 31.1 Å². The van der Waals surface area contributed by atoms with E-state index in [0.717, 1.165) is 18.0 Å². The fourth-order valence-electron chi connectivity index (χ4n) is 2.37. The normalized spacial score (nSPS) is 13.6. The number of anilines is 2. The van der Waals surface area contributed by atoms with Crippen molar-refractivity contribution in [2.75, 3.05) is 30.4 Å². The first kappa shape index (κ1) is 13.5. The molecule has 1 aromatic carbocycles. The third-order valence-corrected chi connectivity index (χ3v) is 3.43. The van der Waals surface area contributed by atoms with Gasteiger partial charge in [0, 0.05) is 25.7 Å². The smallest absolute Gasteiger partial charge is 0.277 e. The predicted octanol–water partition coefficient (Wildman–Crippen LogP) is 2.37. The van der Waals surface area contributed by atoms with Crippen molar-refractivity contribution in [2.45, 2.75) is 13.8 Å². The summed E-state index contributed by atoms with van der Waals surface area (Å²) in [5, 5.41) is 2.82. The van der Waals surface area contributed by atoms with Gasteiger partial charge >= 0.3 is 0 Å². The highest BCUT2D eigenvalue weighted by atomic mass is 16.5. The van der Waals surface area contributed by atoms with Crippen LogP contribution in [0.3, 0.4) is 0 Å². The van der Waals surface area contributed by atoms with E-state index in [0.29, 0.717) is 29.6 Å². The molecule has 3 rings (SSSR count). The molecule has 0 spiro atoms. The molecule has 0 fully saturated rings. The van der Waals surface area contributed by atoms with Crippen molar-refractivity contribution in [3.8, 4) is 5.75 Å². The van der Waals surface area contributed by atoms with Crippen molar-refractivity contribution >= 4 is 17.3 Å². The first-order valence-electron chi connectivity index (χ1n) is 6.78. The number of fused-ring (bicyclic) bond motifs is 1. The van der Waals surface area contributed by atoms with Gasteiger partial charge < -0.3 is 19.4 Å². The second-order valence-corrected chi connectivity index (χ2v) is 5.04. The van der Waals surface area contributed by atoms with Gasteiger partial charge in [0.25, 0.3) is 5.91 Å². The minimum Gasteiger partial charge on any atom is -0.489 e. The average molecular weight is 287 g/mol. The van der Waals surface area contributed by atoms with Crippen LogP contribution in [0.2, 0.25) is 0 Å². The van der Waals surface area contributed by atoms with Gasteiger partial charge in [-0.3, -0.25) is 4.79 Å². The van der Waals surface area contributed by atoms with Gasteiger partial charge in [-0.05, 0) is 19.1 Å². The van der Waals surface area contributed by atoms with E-state index in [1.54, 1.807) is 13.8 Å². The lowest BCUT2D eigenvalue weighted by atomic mass is 10.2. The summed E-state index contributed by atoms with van der Waals surface area (Å²) in [4.78, 5) is 18.4. The molecule has 0 bridgehead atoms. The molecule has 1 aliphatic heterocycles. The van der Waals surface area contributed by atoms with Gasteiger partial charge in [0.05, 0.1) is 12.2 Å². The highest BCUT2D eigenvalue weighted by molar-refractivity contribution is 6.03. The second-order valence-electron chi connectivity index (χ2n) is 5.04. The van der Waals surface area contributed by atoms with Crippen LogP contribution in [0.4, 0.5) is 11.4 Å². The fraction of sp³-hybridized carbons (Fsp3) is 0.333. The molecule has 0 radical (unpaired) electrons. The number of hydrogen-bond acceptors (Lipinski definition) is 5. The van der Waals surface area contributed by atoms with E-state index in [-0.39, 0.29) is 5.91 Å². The van der Waals surface area contributed by atoms with Crippen molar-refractivity contribution in [1.29, 1.82) is 0 Å². The van der Waals surface area contributed by atoms with Gasteiger partial charge in [-0.25, -0.2) is 4.98 Å². The summed E-state index contributed by atoms with van der Waals surface area (Å²) < 4.78 is 10.9. The zero-order valence-corrected chi connectivity index (χ0v) is 12.3. The van der Waals surface area contributed by atoms with E-state index in [2.05, 4.69) is 15.2 Å². The molecule has 1 N–H and O–H groups in total. The zero-order chi connectivity index (χ0) is 15.0. The molecular weight excluding hydrogens is 270 g/mol. The molecule has 6 nitrogen and oxygen atoms in total. The molecule has 2 aromatic rings. The Labute approximate surface area is 122 Å². The van der Waals surface area contributed by atoms with Crippen molar-refractivity contribution < 1.29 is 13.9 Å². The number of carbonyl (C=O) groups is 1. The van der Waals surface area contributed by atoms with E-state index < -0.39 is 0 Å². The summed E-state index contributed by atoms with van der Waals surface area (Å²) in [5.74, 6) is 1.48. The number of rotatable bonds is 2. The number of oxazole rings is 1. The lowest BCUT2D eigenvalue weighted by Crippen LogP contribution is -2.28. The minimum absolute atomic E-state index is 0.284. The number of hydrogen-bond donors (Lipinski definition) is 1. The standard InChI is InChI=1S/C15H17N3O3/c1-9-14(16-10(2)21-9)15(19)17-11-4-5-12-13(8-11)20-7-6-18(12)3/h4-5,8H,6-7H2,1-3H3,(H,17,19). The van der Waals surface area contributed by atoms with E-state index in [4.69, 9.17) is 9.15 Å². The zero-order valence-electron chi connectivity index (χ0n) is 12.3. The van der Waals surface area contributed by atoms with Crippen LogP contribution in [0, 0.1) is 13.8 Å². The molecule has 0 unspecified atom stereocenters. The van der Waals surface area contributed by atoms with Crippen molar-refractivity contribution in [3.63, 3.8) is 0 Å². The minimum atomic E-state index is -0.284. The van der Waals surface area contributed by atoms with Gasteiger partial charge in [-0.1, -0.05) is 0 Å². The Bertz CT molecular complexity index is 693. The van der Waals surface area contributed by atoms with Crippen molar-refractivity contribution in [3.05, 3.63) is 35.5 Å². The van der Waals surface area contributed by atoms with Gasteiger partial charge in [-0.2, -0.15) is 0 Å². The topological polar surface area (TPSA) is 67.6 Å². The molecule has 1 amide bonds. The third-order valence-electron chi connectivity index (χ3n) is 3.43. The molecule has 0 atom stereocenters. The number of amides is 1. The van der Waals surface area contributed by atoms with Gasteiger partial charge in [-0.15, -0.1) is 0 Å². The first-order chi connectivity index (χ1) is 10.0. The molecule has 1 aliphatic rings. The van der Waals surface area contributed by atoms with Crippen LogP contribution >= 0.6 is 0 Å². The maximum atomic E-state index is 12.2. The summed E-state index contributed by atoms with van der Waals surface area (Å²) in [6, 6.07) is 5.61. The van der Waals surface area contributed by atoms with E-state index in [1.165, 1.54) is 0 Å². The molecular formula is C15H17N3O3. The Balaban J connectivity index is 1.82. The van der Waals surface area contributed by atoms with Crippen LogP contribution < -0.4 is 15.0 Å². The lowest BCUT2D eigenvalue weighted by Gasteiger charge is -2.27. The van der Waals surface area contributed by atoms with Crippen molar-refractivity contribution in [2.24, 2.45) is 0 Å². The number of aromatic nitrogens is 1. The lowest BCUT2D eigenvalue weighted by molar-refractivity contribution is 0.102. The Morgan fingerprint density at radius 3 is 2.90 bits per heavy atom.